The van der Waals surface area contributed by atoms with E-state index in [0.717, 1.165) is 12.8 Å². The third-order valence-corrected chi connectivity index (χ3v) is 3.00. The summed E-state index contributed by atoms with van der Waals surface area (Å²) in [6.45, 7) is 2.06. The van der Waals surface area contributed by atoms with Crippen molar-refractivity contribution >= 4 is 11.8 Å². The number of carboxylic acid groups (broad SMARTS) is 1. The molecule has 3 heteroatoms. The summed E-state index contributed by atoms with van der Waals surface area (Å²) in [6.07, 6.45) is 3.75. The molecule has 1 rings (SSSR count). The minimum absolute atomic E-state index is 0.000858. The summed E-state index contributed by atoms with van der Waals surface area (Å²) in [5.41, 5.74) is 0. The van der Waals surface area contributed by atoms with Gasteiger partial charge in [-0.3, -0.25) is 9.59 Å². The molecule has 3 nitrogen and oxygen atoms in total. The number of hydrogen-bond acceptors (Lipinski definition) is 2. The molecule has 0 spiro atoms. The van der Waals surface area contributed by atoms with Gasteiger partial charge in [0.05, 0.1) is 0 Å². The number of ketones is 1. The quantitative estimate of drug-likeness (QED) is 0.742. The van der Waals surface area contributed by atoms with E-state index in [9.17, 15) is 9.59 Å². The molecule has 1 saturated carbocycles. The molecule has 88 valence electrons. The van der Waals surface area contributed by atoms with Gasteiger partial charge in [0.25, 0.3) is 0 Å². The topological polar surface area (TPSA) is 54.4 Å². The molecule has 0 heterocycles. The van der Waals surface area contributed by atoms with Crippen LogP contribution in [0.15, 0.2) is 0 Å². The lowest BCUT2D eigenvalue weighted by atomic mass is 9.90. The first kappa shape index (κ1) is 12.8. The monoisotopic (exact) mass is 222 g/mol. The number of hydrogen-bond donors (Lipinski definition) is 1. The lowest BCUT2D eigenvalue weighted by Crippen LogP contribution is -2.17. The minimum Gasteiger partial charge on any atom is -0.481 e. The molecule has 1 N–H and O–H groups in total. The Morgan fingerprint density at radius 1 is 1.50 bits per heavy atom. The number of carbonyl (C=O) groups is 2. The standard InChI is InChI=1S/C13H18O3/c1-2-3-4-5-6-11-10(9-13(15)16)7-8-12(11)14/h10-11H,2-3,6-9H2,1H3,(H,15,16). The van der Waals surface area contributed by atoms with Gasteiger partial charge in [-0.1, -0.05) is 6.92 Å². The Balaban J connectivity index is 2.50. The van der Waals surface area contributed by atoms with E-state index < -0.39 is 5.97 Å². The number of Topliss-reactive ketones (excluding diaryl/α,β-unsaturated/α-hetero) is 1. The van der Waals surface area contributed by atoms with Crippen molar-refractivity contribution in [3.63, 3.8) is 0 Å². The fourth-order valence-electron chi connectivity index (χ4n) is 2.12. The molecule has 1 aliphatic rings. The molecule has 0 aromatic heterocycles. The maximum atomic E-state index is 11.6. The number of aliphatic carboxylic acids is 1. The van der Waals surface area contributed by atoms with Crippen LogP contribution in [0.2, 0.25) is 0 Å². The number of carboxylic acids is 1. The summed E-state index contributed by atoms with van der Waals surface area (Å²) < 4.78 is 0. The third-order valence-electron chi connectivity index (χ3n) is 3.00. The third kappa shape index (κ3) is 3.69. The van der Waals surface area contributed by atoms with Gasteiger partial charge in [-0.05, 0) is 18.8 Å². The largest absolute Gasteiger partial charge is 0.481 e. The number of rotatable bonds is 4. The van der Waals surface area contributed by atoms with Gasteiger partial charge in [0, 0.05) is 31.6 Å². The van der Waals surface area contributed by atoms with Crippen LogP contribution in [0.4, 0.5) is 0 Å². The molecule has 16 heavy (non-hydrogen) atoms. The van der Waals surface area contributed by atoms with E-state index in [1.54, 1.807) is 0 Å². The molecule has 2 atom stereocenters. The zero-order chi connectivity index (χ0) is 12.0. The van der Waals surface area contributed by atoms with Crippen molar-refractivity contribution in [2.45, 2.75) is 45.4 Å². The Hall–Kier alpha value is -1.30. The highest BCUT2D eigenvalue weighted by Gasteiger charge is 2.34. The van der Waals surface area contributed by atoms with Gasteiger partial charge in [0.15, 0.2) is 0 Å². The normalized spacial score (nSPS) is 23.9. The zero-order valence-corrected chi connectivity index (χ0v) is 9.66. The van der Waals surface area contributed by atoms with Gasteiger partial charge in [0.1, 0.15) is 5.78 Å². The molecule has 1 aliphatic carbocycles. The summed E-state index contributed by atoms with van der Waals surface area (Å²) >= 11 is 0. The Morgan fingerprint density at radius 3 is 2.88 bits per heavy atom. The summed E-state index contributed by atoms with van der Waals surface area (Å²) in [5, 5.41) is 8.74. The highest BCUT2D eigenvalue weighted by molar-refractivity contribution is 5.84. The Bertz CT molecular complexity index is 322. The van der Waals surface area contributed by atoms with Crippen LogP contribution in [0.1, 0.15) is 45.4 Å². The second-order valence-electron chi connectivity index (χ2n) is 4.28. The van der Waals surface area contributed by atoms with Crippen molar-refractivity contribution in [2.75, 3.05) is 0 Å². The molecule has 0 saturated heterocycles. The summed E-state index contributed by atoms with van der Waals surface area (Å²) in [4.78, 5) is 22.2. The molecule has 1 fully saturated rings. The average Bonchev–Trinajstić information content (AvgIpc) is 2.55. The van der Waals surface area contributed by atoms with Crippen LogP contribution in [0.25, 0.3) is 0 Å². The predicted molar refractivity (Wildman–Crippen MR) is 60.8 cm³/mol. The lowest BCUT2D eigenvalue weighted by molar-refractivity contribution is -0.138. The maximum Gasteiger partial charge on any atom is 0.303 e. The van der Waals surface area contributed by atoms with Gasteiger partial charge < -0.3 is 5.11 Å². The summed E-state index contributed by atoms with van der Waals surface area (Å²) in [5.74, 6) is 5.25. The average molecular weight is 222 g/mol. The first-order valence-corrected chi connectivity index (χ1v) is 5.85. The van der Waals surface area contributed by atoms with Crippen molar-refractivity contribution < 1.29 is 14.7 Å². The first-order chi connectivity index (χ1) is 7.65. The van der Waals surface area contributed by atoms with E-state index in [0.29, 0.717) is 19.3 Å². The fourth-order valence-corrected chi connectivity index (χ4v) is 2.12. The molecular weight excluding hydrogens is 204 g/mol. The Kier molecular flexibility index (Phi) is 5.04. The maximum absolute atomic E-state index is 11.6. The Morgan fingerprint density at radius 2 is 2.25 bits per heavy atom. The number of carbonyl (C=O) groups excluding carboxylic acids is 1. The summed E-state index contributed by atoms with van der Waals surface area (Å²) in [7, 11) is 0. The molecule has 0 aliphatic heterocycles. The van der Waals surface area contributed by atoms with Crippen LogP contribution in [-0.2, 0) is 9.59 Å². The van der Waals surface area contributed by atoms with E-state index in [2.05, 4.69) is 18.8 Å². The lowest BCUT2D eigenvalue weighted by Gasteiger charge is -2.13. The van der Waals surface area contributed by atoms with Crippen LogP contribution in [0.5, 0.6) is 0 Å². The molecule has 2 unspecified atom stereocenters. The molecule has 0 amide bonds. The number of unbranched alkanes of at least 4 members (excludes halogenated alkanes) is 1. The van der Waals surface area contributed by atoms with E-state index in [4.69, 9.17) is 5.11 Å². The fraction of sp³-hybridized carbons (Fsp3) is 0.692. The van der Waals surface area contributed by atoms with E-state index in [1.807, 2.05) is 0 Å². The van der Waals surface area contributed by atoms with Crippen molar-refractivity contribution in [2.24, 2.45) is 11.8 Å². The predicted octanol–water partition coefficient (Wildman–Crippen LogP) is 2.25. The van der Waals surface area contributed by atoms with Crippen molar-refractivity contribution in [3.8, 4) is 11.8 Å². The highest BCUT2D eigenvalue weighted by Crippen LogP contribution is 2.33. The molecule has 0 aromatic rings. The van der Waals surface area contributed by atoms with Gasteiger partial charge in [-0.15, -0.1) is 11.8 Å². The van der Waals surface area contributed by atoms with E-state index in [-0.39, 0.29) is 24.0 Å². The van der Waals surface area contributed by atoms with Gasteiger partial charge in [0.2, 0.25) is 0 Å². The Labute approximate surface area is 96.2 Å². The van der Waals surface area contributed by atoms with Crippen LogP contribution in [0, 0.1) is 23.7 Å². The summed E-state index contributed by atoms with van der Waals surface area (Å²) in [6, 6.07) is 0. The van der Waals surface area contributed by atoms with Gasteiger partial charge >= 0.3 is 5.97 Å². The van der Waals surface area contributed by atoms with Crippen LogP contribution >= 0.6 is 0 Å². The van der Waals surface area contributed by atoms with E-state index >= 15 is 0 Å². The molecule has 0 aromatic carbocycles. The smallest absolute Gasteiger partial charge is 0.303 e. The minimum atomic E-state index is -0.814. The van der Waals surface area contributed by atoms with Crippen molar-refractivity contribution in [1.29, 1.82) is 0 Å². The van der Waals surface area contributed by atoms with Gasteiger partial charge in [-0.2, -0.15) is 0 Å². The van der Waals surface area contributed by atoms with Crippen LogP contribution in [-0.4, -0.2) is 16.9 Å². The SMILES string of the molecule is CCCC#CCC1C(=O)CCC1CC(=O)O. The second kappa shape index (κ2) is 6.32. The first-order valence-electron chi connectivity index (χ1n) is 5.85. The van der Waals surface area contributed by atoms with Crippen LogP contribution < -0.4 is 0 Å². The van der Waals surface area contributed by atoms with Crippen LogP contribution in [0.3, 0.4) is 0 Å². The molecular formula is C13H18O3. The zero-order valence-electron chi connectivity index (χ0n) is 9.66. The van der Waals surface area contributed by atoms with Crippen molar-refractivity contribution in [3.05, 3.63) is 0 Å². The molecule has 0 bridgehead atoms. The highest BCUT2D eigenvalue weighted by atomic mass is 16.4. The van der Waals surface area contributed by atoms with Gasteiger partial charge in [-0.25, -0.2) is 0 Å². The van der Waals surface area contributed by atoms with Crippen molar-refractivity contribution in [1.82, 2.24) is 0 Å². The van der Waals surface area contributed by atoms with E-state index in [1.165, 1.54) is 0 Å². The second-order valence-corrected chi connectivity index (χ2v) is 4.28. The molecule has 0 radical (unpaired) electrons.